The summed E-state index contributed by atoms with van der Waals surface area (Å²) >= 11 is 6.11. The van der Waals surface area contributed by atoms with Gasteiger partial charge in [-0.1, -0.05) is 29.8 Å². The van der Waals surface area contributed by atoms with Crippen LogP contribution in [0, 0.1) is 6.92 Å². The molecule has 0 unspecified atom stereocenters. The highest BCUT2D eigenvalue weighted by Crippen LogP contribution is 2.20. The summed E-state index contributed by atoms with van der Waals surface area (Å²) in [6, 6.07) is 18.3. The second kappa shape index (κ2) is 7.81. The first-order valence-corrected chi connectivity index (χ1v) is 8.20. The number of aromatic nitrogens is 1. The van der Waals surface area contributed by atoms with Crippen LogP contribution in [0.4, 0.5) is 5.69 Å². The lowest BCUT2D eigenvalue weighted by Gasteiger charge is -2.09. The van der Waals surface area contributed by atoms with E-state index in [1.807, 2.05) is 31.2 Å². The molecule has 1 aromatic heterocycles. The predicted molar refractivity (Wildman–Crippen MR) is 99.2 cm³/mol. The minimum absolute atomic E-state index is 0.197. The average molecular weight is 353 g/mol. The van der Waals surface area contributed by atoms with E-state index >= 15 is 0 Å². The normalized spacial score (nSPS) is 10.3. The first-order valence-electron chi connectivity index (χ1n) is 7.82. The number of hydrogen-bond donors (Lipinski definition) is 1. The van der Waals surface area contributed by atoms with Crippen LogP contribution in [0.25, 0.3) is 0 Å². The van der Waals surface area contributed by atoms with Gasteiger partial charge in [-0.15, -0.1) is 0 Å². The number of carbonyl (C=O) groups is 1. The summed E-state index contributed by atoms with van der Waals surface area (Å²) in [5.74, 6) is 0.507. The van der Waals surface area contributed by atoms with Gasteiger partial charge in [0.05, 0.1) is 5.56 Å². The molecular weight excluding hydrogens is 336 g/mol. The van der Waals surface area contributed by atoms with Crippen molar-refractivity contribution in [2.45, 2.75) is 13.5 Å². The smallest absolute Gasteiger partial charge is 0.257 e. The van der Waals surface area contributed by atoms with Gasteiger partial charge in [-0.3, -0.25) is 9.78 Å². The molecular formula is C20H17ClN2O2. The van der Waals surface area contributed by atoms with E-state index in [1.54, 1.807) is 42.6 Å². The van der Waals surface area contributed by atoms with Crippen molar-refractivity contribution in [1.29, 1.82) is 0 Å². The number of anilines is 1. The zero-order valence-corrected chi connectivity index (χ0v) is 14.5. The van der Waals surface area contributed by atoms with Gasteiger partial charge in [0, 0.05) is 28.2 Å². The fraction of sp³-hybridized carbons (Fsp3) is 0.100. The summed E-state index contributed by atoms with van der Waals surface area (Å²) in [6.07, 6.45) is 1.56. The summed E-state index contributed by atoms with van der Waals surface area (Å²) in [5.41, 5.74) is 3.00. The molecule has 1 N–H and O–H groups in total. The van der Waals surface area contributed by atoms with Crippen molar-refractivity contribution >= 4 is 23.2 Å². The number of amides is 1. The molecule has 3 rings (SSSR count). The second-order valence-corrected chi connectivity index (χ2v) is 5.95. The van der Waals surface area contributed by atoms with Crippen LogP contribution in [0.15, 0.2) is 66.9 Å². The maximum Gasteiger partial charge on any atom is 0.257 e. The molecule has 0 radical (unpaired) electrons. The highest BCUT2D eigenvalue weighted by Gasteiger charge is 2.06. The van der Waals surface area contributed by atoms with Crippen molar-refractivity contribution in [2.75, 3.05) is 5.32 Å². The second-order valence-electron chi connectivity index (χ2n) is 5.55. The first-order chi connectivity index (χ1) is 12.1. The zero-order valence-electron chi connectivity index (χ0n) is 13.7. The predicted octanol–water partition coefficient (Wildman–Crippen LogP) is 4.87. The number of pyridine rings is 1. The molecule has 0 bridgehead atoms. The molecule has 2 aromatic carbocycles. The Bertz CT molecular complexity index is 862. The maximum absolute atomic E-state index is 12.2. The summed E-state index contributed by atoms with van der Waals surface area (Å²) in [5, 5.41) is 3.51. The molecule has 126 valence electrons. The summed E-state index contributed by atoms with van der Waals surface area (Å²) in [4.78, 5) is 16.3. The number of nitrogens with one attached hydrogen (secondary N) is 1. The third-order valence-electron chi connectivity index (χ3n) is 3.64. The van der Waals surface area contributed by atoms with Crippen LogP contribution in [-0.4, -0.2) is 10.9 Å². The van der Waals surface area contributed by atoms with Crippen molar-refractivity contribution in [2.24, 2.45) is 0 Å². The Labute approximate surface area is 151 Å². The molecule has 25 heavy (non-hydrogen) atoms. The number of rotatable bonds is 5. The van der Waals surface area contributed by atoms with Gasteiger partial charge in [0.15, 0.2) is 0 Å². The lowest BCUT2D eigenvalue weighted by molar-refractivity contribution is 0.102. The van der Waals surface area contributed by atoms with Crippen LogP contribution in [-0.2, 0) is 6.61 Å². The van der Waals surface area contributed by atoms with Crippen molar-refractivity contribution in [3.63, 3.8) is 0 Å². The van der Waals surface area contributed by atoms with Crippen molar-refractivity contribution in [3.8, 4) is 5.75 Å². The molecule has 0 fully saturated rings. The lowest BCUT2D eigenvalue weighted by Crippen LogP contribution is -2.12. The Hall–Kier alpha value is -2.85. The monoisotopic (exact) mass is 352 g/mol. The highest BCUT2D eigenvalue weighted by molar-refractivity contribution is 6.31. The van der Waals surface area contributed by atoms with Crippen LogP contribution in [0.1, 0.15) is 21.6 Å². The minimum atomic E-state index is -0.197. The van der Waals surface area contributed by atoms with Gasteiger partial charge in [-0.25, -0.2) is 0 Å². The van der Waals surface area contributed by atoms with Crippen LogP contribution in [0.2, 0.25) is 5.02 Å². The molecule has 0 saturated heterocycles. The molecule has 4 nitrogen and oxygen atoms in total. The van der Waals surface area contributed by atoms with E-state index in [9.17, 15) is 4.79 Å². The molecule has 0 aliphatic carbocycles. The lowest BCUT2D eigenvalue weighted by atomic mass is 10.2. The third-order valence-corrected chi connectivity index (χ3v) is 4.01. The SMILES string of the molecule is Cc1ccc(C(=O)Nc2ccc(OCc3ccccc3Cl)cc2)cn1. The van der Waals surface area contributed by atoms with E-state index in [4.69, 9.17) is 16.3 Å². The summed E-state index contributed by atoms with van der Waals surface area (Å²) in [7, 11) is 0. The molecule has 0 atom stereocenters. The van der Waals surface area contributed by atoms with E-state index in [0.29, 0.717) is 28.6 Å². The number of benzene rings is 2. The van der Waals surface area contributed by atoms with Gasteiger partial charge in [0.2, 0.25) is 0 Å². The van der Waals surface area contributed by atoms with Gasteiger partial charge < -0.3 is 10.1 Å². The Morgan fingerprint density at radius 3 is 2.52 bits per heavy atom. The fourth-order valence-electron chi connectivity index (χ4n) is 2.22. The number of carbonyl (C=O) groups excluding carboxylic acids is 1. The molecule has 0 spiro atoms. The van der Waals surface area contributed by atoms with Crippen LogP contribution < -0.4 is 10.1 Å². The standard InChI is InChI=1S/C20H17ClN2O2/c1-14-6-7-15(12-22-14)20(24)23-17-8-10-18(11-9-17)25-13-16-4-2-3-5-19(16)21/h2-12H,13H2,1H3,(H,23,24). The van der Waals surface area contributed by atoms with E-state index in [-0.39, 0.29) is 5.91 Å². The maximum atomic E-state index is 12.2. The Morgan fingerprint density at radius 2 is 1.84 bits per heavy atom. The van der Waals surface area contributed by atoms with Gasteiger partial charge in [-0.05, 0) is 49.4 Å². The molecule has 1 heterocycles. The number of aryl methyl sites for hydroxylation is 1. The van der Waals surface area contributed by atoms with Crippen molar-refractivity contribution < 1.29 is 9.53 Å². The molecule has 0 aliphatic rings. The molecule has 3 aromatic rings. The van der Waals surface area contributed by atoms with Crippen molar-refractivity contribution in [1.82, 2.24) is 4.98 Å². The number of halogens is 1. The van der Waals surface area contributed by atoms with Crippen LogP contribution >= 0.6 is 11.6 Å². The van der Waals surface area contributed by atoms with E-state index < -0.39 is 0 Å². The van der Waals surface area contributed by atoms with Gasteiger partial charge in [0.25, 0.3) is 5.91 Å². The van der Waals surface area contributed by atoms with E-state index in [2.05, 4.69) is 10.3 Å². The van der Waals surface area contributed by atoms with Crippen LogP contribution in [0.3, 0.4) is 0 Å². The van der Waals surface area contributed by atoms with Gasteiger partial charge in [-0.2, -0.15) is 0 Å². The molecule has 0 saturated carbocycles. The first kappa shape index (κ1) is 17.0. The Kier molecular flexibility index (Phi) is 5.31. The Balaban J connectivity index is 1.59. The number of nitrogens with zero attached hydrogens (tertiary/aromatic N) is 1. The molecule has 0 aliphatic heterocycles. The third kappa shape index (κ3) is 4.58. The molecule has 5 heteroatoms. The van der Waals surface area contributed by atoms with E-state index in [1.165, 1.54) is 0 Å². The van der Waals surface area contributed by atoms with Gasteiger partial charge >= 0.3 is 0 Å². The summed E-state index contributed by atoms with van der Waals surface area (Å²) < 4.78 is 5.72. The average Bonchev–Trinajstić information content (AvgIpc) is 2.63. The molecule has 1 amide bonds. The number of hydrogen-bond acceptors (Lipinski definition) is 3. The van der Waals surface area contributed by atoms with Gasteiger partial charge in [0.1, 0.15) is 12.4 Å². The topological polar surface area (TPSA) is 51.2 Å². The van der Waals surface area contributed by atoms with E-state index in [0.717, 1.165) is 11.3 Å². The quantitative estimate of drug-likeness (QED) is 0.712. The summed E-state index contributed by atoms with van der Waals surface area (Å²) in [6.45, 7) is 2.27. The van der Waals surface area contributed by atoms with Crippen LogP contribution in [0.5, 0.6) is 5.75 Å². The fourth-order valence-corrected chi connectivity index (χ4v) is 2.41. The van der Waals surface area contributed by atoms with Crippen molar-refractivity contribution in [3.05, 3.63) is 88.7 Å². The zero-order chi connectivity index (χ0) is 17.6. The highest BCUT2D eigenvalue weighted by atomic mass is 35.5. The Morgan fingerprint density at radius 1 is 1.08 bits per heavy atom. The minimum Gasteiger partial charge on any atom is -0.489 e. The number of ether oxygens (including phenoxy) is 1. The largest absolute Gasteiger partial charge is 0.489 e.